The van der Waals surface area contributed by atoms with Gasteiger partial charge in [-0.1, -0.05) is 6.07 Å². The van der Waals surface area contributed by atoms with Gasteiger partial charge in [0.05, 0.1) is 17.5 Å². The van der Waals surface area contributed by atoms with E-state index < -0.39 is 17.3 Å². The normalized spacial score (nSPS) is 14.5. The van der Waals surface area contributed by atoms with E-state index in [-0.39, 0.29) is 22.8 Å². The Morgan fingerprint density at radius 3 is 2.75 bits per heavy atom. The van der Waals surface area contributed by atoms with Crippen molar-refractivity contribution in [2.75, 3.05) is 11.1 Å². The number of carbonyl (C=O) groups excluding carboxylic acids is 1. The first-order chi connectivity index (χ1) is 11.3. The third-order valence-corrected chi connectivity index (χ3v) is 3.91. The molecule has 1 fully saturated rings. The van der Waals surface area contributed by atoms with Gasteiger partial charge in [0.1, 0.15) is 5.69 Å². The Kier molecular flexibility index (Phi) is 3.96. The second-order valence-electron chi connectivity index (χ2n) is 6.48. The quantitative estimate of drug-likeness (QED) is 0.800. The van der Waals surface area contributed by atoms with Crippen LogP contribution in [0.5, 0.6) is 0 Å². The van der Waals surface area contributed by atoms with Gasteiger partial charge in [-0.25, -0.2) is 14.4 Å². The molecule has 1 saturated carbocycles. The molecule has 7 heteroatoms. The molecule has 0 aromatic carbocycles. The van der Waals surface area contributed by atoms with Gasteiger partial charge in [-0.05, 0) is 38.8 Å². The molecule has 2 aromatic rings. The highest BCUT2D eigenvalue weighted by Gasteiger charge is 2.29. The number of nitrogens with two attached hydrogens (primary N) is 1. The van der Waals surface area contributed by atoms with Gasteiger partial charge in [0, 0.05) is 17.2 Å². The number of pyridine rings is 2. The minimum absolute atomic E-state index is 0.0674. The van der Waals surface area contributed by atoms with E-state index in [0.717, 1.165) is 18.5 Å². The Labute approximate surface area is 138 Å². The van der Waals surface area contributed by atoms with Crippen LogP contribution in [0.3, 0.4) is 0 Å². The molecule has 126 valence electrons. The minimum Gasteiger partial charge on any atom is -0.386 e. The summed E-state index contributed by atoms with van der Waals surface area (Å²) in [5.74, 6) is -1.26. The van der Waals surface area contributed by atoms with Crippen molar-refractivity contribution in [3.63, 3.8) is 0 Å². The fourth-order valence-electron chi connectivity index (χ4n) is 2.57. The van der Waals surface area contributed by atoms with Crippen LogP contribution in [-0.2, 0) is 5.60 Å². The first-order valence-corrected chi connectivity index (χ1v) is 7.72. The number of hydrogen-bond acceptors (Lipinski definition) is 5. The smallest absolute Gasteiger partial charge is 0.274 e. The molecule has 1 aliphatic rings. The fourth-order valence-corrected chi connectivity index (χ4v) is 2.57. The first kappa shape index (κ1) is 16.3. The maximum Gasteiger partial charge on any atom is 0.274 e. The molecule has 1 aliphatic carbocycles. The third kappa shape index (κ3) is 3.21. The summed E-state index contributed by atoms with van der Waals surface area (Å²) in [6.07, 6.45) is 3.39. The van der Waals surface area contributed by atoms with E-state index >= 15 is 0 Å². The molecule has 0 unspecified atom stereocenters. The zero-order chi connectivity index (χ0) is 17.5. The molecule has 1 amide bonds. The summed E-state index contributed by atoms with van der Waals surface area (Å²) in [4.78, 5) is 20.5. The summed E-state index contributed by atoms with van der Waals surface area (Å²) in [6.45, 7) is 2.82. The Morgan fingerprint density at radius 1 is 1.42 bits per heavy atom. The number of aliphatic hydroxyl groups is 1. The van der Waals surface area contributed by atoms with Gasteiger partial charge in [-0.3, -0.25) is 4.79 Å². The highest BCUT2D eigenvalue weighted by molar-refractivity contribution is 6.03. The molecule has 0 spiro atoms. The zero-order valence-corrected chi connectivity index (χ0v) is 13.5. The third-order valence-electron chi connectivity index (χ3n) is 3.91. The van der Waals surface area contributed by atoms with E-state index in [9.17, 15) is 14.3 Å². The Morgan fingerprint density at radius 2 is 2.12 bits per heavy atom. The van der Waals surface area contributed by atoms with E-state index in [1.54, 1.807) is 12.1 Å². The Bertz CT molecular complexity index is 798. The highest BCUT2D eigenvalue weighted by atomic mass is 19.1. The van der Waals surface area contributed by atoms with Gasteiger partial charge in [0.25, 0.3) is 5.91 Å². The molecule has 3 rings (SSSR count). The van der Waals surface area contributed by atoms with Gasteiger partial charge in [-0.15, -0.1) is 0 Å². The number of aromatic nitrogens is 2. The molecular weight excluding hydrogens is 311 g/mol. The van der Waals surface area contributed by atoms with Crippen molar-refractivity contribution in [3.8, 4) is 0 Å². The van der Waals surface area contributed by atoms with Gasteiger partial charge in [0.15, 0.2) is 11.6 Å². The van der Waals surface area contributed by atoms with Gasteiger partial charge < -0.3 is 16.2 Å². The van der Waals surface area contributed by atoms with Crippen molar-refractivity contribution >= 4 is 17.4 Å². The zero-order valence-electron chi connectivity index (χ0n) is 13.5. The number of carbonyl (C=O) groups is 1. The number of hydrogen-bond donors (Lipinski definition) is 3. The monoisotopic (exact) mass is 330 g/mol. The minimum atomic E-state index is -1.53. The number of anilines is 2. The van der Waals surface area contributed by atoms with Crippen molar-refractivity contribution in [3.05, 3.63) is 47.2 Å². The number of amides is 1. The number of halogens is 1. The summed E-state index contributed by atoms with van der Waals surface area (Å²) in [5, 5.41) is 12.8. The van der Waals surface area contributed by atoms with Crippen molar-refractivity contribution in [1.82, 2.24) is 9.97 Å². The summed E-state index contributed by atoms with van der Waals surface area (Å²) >= 11 is 0. The van der Waals surface area contributed by atoms with Crippen LogP contribution in [-0.4, -0.2) is 21.0 Å². The van der Waals surface area contributed by atoms with Crippen LogP contribution < -0.4 is 11.1 Å². The molecule has 0 aliphatic heterocycles. The number of nitrogens with one attached hydrogen (secondary N) is 1. The van der Waals surface area contributed by atoms with Gasteiger partial charge >= 0.3 is 0 Å². The van der Waals surface area contributed by atoms with Gasteiger partial charge in [0.2, 0.25) is 0 Å². The van der Waals surface area contributed by atoms with Crippen LogP contribution in [0.15, 0.2) is 24.4 Å². The van der Waals surface area contributed by atoms with E-state index in [0.29, 0.717) is 5.92 Å². The van der Waals surface area contributed by atoms with Gasteiger partial charge in [-0.2, -0.15) is 0 Å². The molecule has 2 heterocycles. The molecule has 0 bridgehead atoms. The van der Waals surface area contributed by atoms with Crippen LogP contribution in [0.2, 0.25) is 0 Å². The lowest BCUT2D eigenvalue weighted by molar-refractivity contribution is 0.0753. The lowest BCUT2D eigenvalue weighted by Crippen LogP contribution is -2.24. The van der Waals surface area contributed by atoms with E-state index in [1.165, 1.54) is 20.0 Å². The standard InChI is InChI=1S/C17H19FN4O2/c1-17(2,24)13-12(8-20-15(19)14(13)18)22-16(23)11-5-3-4-10(21-11)9-6-7-9/h3-5,8-9,24H,6-7H2,1-2H3,(H2,19,20)(H,22,23). The first-order valence-electron chi connectivity index (χ1n) is 7.72. The summed E-state index contributed by atoms with van der Waals surface area (Å²) < 4.78 is 14.3. The highest BCUT2D eigenvalue weighted by Crippen LogP contribution is 2.39. The van der Waals surface area contributed by atoms with Crippen LogP contribution >= 0.6 is 0 Å². The second kappa shape index (κ2) is 5.83. The fraction of sp³-hybridized carbons (Fsp3) is 0.353. The summed E-state index contributed by atoms with van der Waals surface area (Å²) in [6, 6.07) is 5.25. The summed E-state index contributed by atoms with van der Waals surface area (Å²) in [7, 11) is 0. The van der Waals surface area contributed by atoms with Crippen LogP contribution in [0.25, 0.3) is 0 Å². The molecule has 0 saturated heterocycles. The Hall–Kier alpha value is -2.54. The average Bonchev–Trinajstić information content (AvgIpc) is 3.34. The average molecular weight is 330 g/mol. The van der Waals surface area contributed by atoms with Crippen molar-refractivity contribution in [2.24, 2.45) is 0 Å². The molecule has 0 atom stereocenters. The maximum absolute atomic E-state index is 14.3. The molecule has 4 N–H and O–H groups in total. The topological polar surface area (TPSA) is 101 Å². The molecule has 2 aromatic heterocycles. The van der Waals surface area contributed by atoms with Crippen LogP contribution in [0, 0.1) is 5.82 Å². The summed E-state index contributed by atoms with van der Waals surface area (Å²) in [5.41, 5.74) is 5.01. The molecular formula is C17H19FN4O2. The van der Waals surface area contributed by atoms with Crippen molar-refractivity contribution in [2.45, 2.75) is 38.2 Å². The second-order valence-corrected chi connectivity index (χ2v) is 6.48. The maximum atomic E-state index is 14.3. The number of nitrogen functional groups attached to an aromatic ring is 1. The molecule has 6 nitrogen and oxygen atoms in total. The van der Waals surface area contributed by atoms with Crippen molar-refractivity contribution < 1.29 is 14.3 Å². The lowest BCUT2D eigenvalue weighted by atomic mass is 9.96. The number of nitrogens with zero attached hydrogens (tertiary/aromatic N) is 2. The molecule has 24 heavy (non-hydrogen) atoms. The predicted molar refractivity (Wildman–Crippen MR) is 88.0 cm³/mol. The molecule has 0 radical (unpaired) electrons. The van der Waals surface area contributed by atoms with Crippen LogP contribution in [0.1, 0.15) is 54.4 Å². The van der Waals surface area contributed by atoms with E-state index in [4.69, 9.17) is 5.73 Å². The Balaban J connectivity index is 1.92. The van der Waals surface area contributed by atoms with Crippen molar-refractivity contribution in [1.29, 1.82) is 0 Å². The largest absolute Gasteiger partial charge is 0.386 e. The van der Waals surface area contributed by atoms with E-state index in [2.05, 4.69) is 15.3 Å². The lowest BCUT2D eigenvalue weighted by Gasteiger charge is -2.22. The van der Waals surface area contributed by atoms with Crippen LogP contribution in [0.4, 0.5) is 15.9 Å². The number of rotatable bonds is 4. The predicted octanol–water partition coefficient (Wildman–Crippen LogP) is 2.55. The SMILES string of the molecule is CC(C)(O)c1c(NC(=O)c2cccc(C3CC3)n2)cnc(N)c1F. The van der Waals surface area contributed by atoms with E-state index in [1.807, 2.05) is 6.07 Å².